The number of guanidine groups is 1. The van der Waals surface area contributed by atoms with Crippen molar-refractivity contribution in [2.24, 2.45) is 5.73 Å². The first-order valence-electron chi connectivity index (χ1n) is 9.11. The van der Waals surface area contributed by atoms with Gasteiger partial charge in [0, 0.05) is 13.5 Å². The minimum atomic E-state index is -0.973. The van der Waals surface area contributed by atoms with Gasteiger partial charge in [0.1, 0.15) is 18.1 Å². The maximum atomic E-state index is 12.4. The molecule has 4 amide bonds. The highest BCUT2D eigenvalue weighted by molar-refractivity contribution is 5.94. The second-order valence-electron chi connectivity index (χ2n) is 6.54. The van der Waals surface area contributed by atoms with Crippen LogP contribution in [0.5, 0.6) is 0 Å². The quantitative estimate of drug-likeness (QED) is 0.103. The number of rotatable bonds is 12. The van der Waals surface area contributed by atoms with E-state index >= 15 is 0 Å². The molecule has 0 aliphatic carbocycles. The zero-order valence-corrected chi connectivity index (χ0v) is 17.0. The molecule has 0 saturated heterocycles. The average Bonchev–Trinajstić information content (AvgIpc) is 2.62. The van der Waals surface area contributed by atoms with Crippen molar-refractivity contribution in [1.82, 2.24) is 26.6 Å². The molecule has 0 spiro atoms. The van der Waals surface area contributed by atoms with E-state index in [0.29, 0.717) is 13.0 Å². The van der Waals surface area contributed by atoms with E-state index in [9.17, 15) is 24.0 Å². The summed E-state index contributed by atoms with van der Waals surface area (Å²) < 4.78 is 0. The molecular weight excluding hydrogens is 382 g/mol. The normalized spacial score (nSPS) is 14.3. The van der Waals surface area contributed by atoms with Gasteiger partial charge in [0.25, 0.3) is 0 Å². The molecule has 3 unspecified atom stereocenters. The fraction of sp³-hybridized carbons (Fsp3) is 0.647. The number of carbonyl (C=O) groups is 4. The van der Waals surface area contributed by atoms with E-state index in [1.54, 1.807) is 6.29 Å². The van der Waals surface area contributed by atoms with Crippen LogP contribution in [0.3, 0.4) is 0 Å². The average molecular weight is 412 g/mol. The van der Waals surface area contributed by atoms with Crippen LogP contribution in [0, 0.1) is 5.41 Å². The fourth-order valence-electron chi connectivity index (χ4n) is 2.19. The molecule has 0 saturated carbocycles. The summed E-state index contributed by atoms with van der Waals surface area (Å²) in [6.45, 7) is 5.92. The van der Waals surface area contributed by atoms with Crippen molar-refractivity contribution in [2.75, 3.05) is 6.54 Å². The minimum absolute atomic E-state index is 0.200. The number of hydrogen-bond acceptors (Lipinski definition) is 6. The molecule has 8 N–H and O–H groups in total. The molecule has 0 aliphatic heterocycles. The number of nitrogens with one attached hydrogen (secondary N) is 6. The summed E-state index contributed by atoms with van der Waals surface area (Å²) in [5, 5.41) is 19.4. The Labute approximate surface area is 169 Å². The van der Waals surface area contributed by atoms with Gasteiger partial charge in [-0.25, -0.2) is 0 Å². The third-order valence-corrected chi connectivity index (χ3v) is 3.72. The predicted molar refractivity (Wildman–Crippen MR) is 105 cm³/mol. The Morgan fingerprint density at radius 2 is 1.45 bits per heavy atom. The Balaban J connectivity index is 4.70. The van der Waals surface area contributed by atoms with E-state index in [2.05, 4.69) is 26.6 Å². The third kappa shape index (κ3) is 11.3. The monoisotopic (exact) mass is 412 g/mol. The van der Waals surface area contributed by atoms with Gasteiger partial charge in [0.05, 0.1) is 6.04 Å². The van der Waals surface area contributed by atoms with Crippen molar-refractivity contribution >= 4 is 35.9 Å². The zero-order chi connectivity index (χ0) is 22.6. The van der Waals surface area contributed by atoms with Crippen LogP contribution in [-0.4, -0.2) is 66.6 Å². The first-order valence-corrected chi connectivity index (χ1v) is 9.11. The predicted octanol–water partition coefficient (Wildman–Crippen LogP) is -2.62. The van der Waals surface area contributed by atoms with Gasteiger partial charge in [-0.1, -0.05) is 0 Å². The number of nitrogens with two attached hydrogens (primary N) is 1. The van der Waals surface area contributed by atoms with E-state index in [1.165, 1.54) is 27.7 Å². The number of carbonyl (C=O) groups excluding carboxylic acids is 5. The molecule has 0 heterocycles. The highest BCUT2D eigenvalue weighted by Crippen LogP contribution is 1.99. The molecule has 0 aromatic heterocycles. The summed E-state index contributed by atoms with van der Waals surface area (Å²) in [5.74, 6) is -2.35. The lowest BCUT2D eigenvalue weighted by atomic mass is 10.1. The van der Waals surface area contributed by atoms with Crippen molar-refractivity contribution in [2.45, 2.75) is 64.7 Å². The van der Waals surface area contributed by atoms with Crippen LogP contribution in [0.25, 0.3) is 0 Å². The minimum Gasteiger partial charge on any atom is -0.370 e. The maximum absolute atomic E-state index is 12.4. The molecule has 29 heavy (non-hydrogen) atoms. The van der Waals surface area contributed by atoms with Gasteiger partial charge < -0.3 is 32.3 Å². The molecule has 12 nitrogen and oxygen atoms in total. The second-order valence-corrected chi connectivity index (χ2v) is 6.54. The van der Waals surface area contributed by atoms with E-state index in [4.69, 9.17) is 11.1 Å². The van der Waals surface area contributed by atoms with Crippen LogP contribution in [0.1, 0.15) is 40.5 Å². The smallest absolute Gasteiger partial charge is 0.243 e. The second kappa shape index (κ2) is 13.1. The Kier molecular flexibility index (Phi) is 11.6. The Bertz CT molecular complexity index is 625. The Morgan fingerprint density at radius 1 is 0.931 bits per heavy atom. The lowest BCUT2D eigenvalue weighted by Gasteiger charge is -2.22. The van der Waals surface area contributed by atoms with Crippen LogP contribution in [0.2, 0.25) is 0 Å². The third-order valence-electron chi connectivity index (χ3n) is 3.72. The lowest BCUT2D eigenvalue weighted by Crippen LogP contribution is -2.55. The summed E-state index contributed by atoms with van der Waals surface area (Å²) in [4.78, 5) is 58.3. The van der Waals surface area contributed by atoms with Crippen molar-refractivity contribution in [3.05, 3.63) is 0 Å². The van der Waals surface area contributed by atoms with Gasteiger partial charge in [-0.3, -0.25) is 29.4 Å². The van der Waals surface area contributed by atoms with E-state index in [-0.39, 0.29) is 12.4 Å². The van der Waals surface area contributed by atoms with Gasteiger partial charge >= 0.3 is 0 Å². The van der Waals surface area contributed by atoms with Crippen LogP contribution >= 0.6 is 0 Å². The first-order chi connectivity index (χ1) is 13.5. The van der Waals surface area contributed by atoms with Crippen molar-refractivity contribution in [3.8, 4) is 0 Å². The Hall–Kier alpha value is -3.18. The molecule has 1 radical (unpaired) electrons. The molecule has 0 aromatic carbocycles. The van der Waals surface area contributed by atoms with Gasteiger partial charge in [-0.15, -0.1) is 0 Å². The van der Waals surface area contributed by atoms with Crippen LogP contribution in [0.15, 0.2) is 0 Å². The van der Waals surface area contributed by atoms with Gasteiger partial charge in [-0.2, -0.15) is 0 Å². The summed E-state index contributed by atoms with van der Waals surface area (Å²) in [6, 6.07) is -3.59. The summed E-state index contributed by atoms with van der Waals surface area (Å²) in [6.07, 6.45) is 2.31. The lowest BCUT2D eigenvalue weighted by molar-refractivity contribution is -0.133. The highest BCUT2D eigenvalue weighted by Gasteiger charge is 2.25. The topological polar surface area (TPSA) is 195 Å². The van der Waals surface area contributed by atoms with Crippen molar-refractivity contribution in [1.29, 1.82) is 5.41 Å². The number of amides is 4. The van der Waals surface area contributed by atoms with E-state index in [1.807, 2.05) is 0 Å². The summed E-state index contributed by atoms with van der Waals surface area (Å²) >= 11 is 0. The molecule has 0 rings (SSSR count). The molecule has 163 valence electrons. The number of hydrogen-bond donors (Lipinski definition) is 7. The Morgan fingerprint density at radius 3 is 1.93 bits per heavy atom. The SMILES string of the molecule is CC(=O)N[C@H](CCCNC(=N)N)C(=O)NC(C)C(=O)NC(C)C(=O)NC(C)[C]=O. The molecule has 0 bridgehead atoms. The summed E-state index contributed by atoms with van der Waals surface area (Å²) in [5.41, 5.74) is 5.18. The molecule has 12 heteroatoms. The molecule has 4 atom stereocenters. The van der Waals surface area contributed by atoms with E-state index in [0.717, 1.165) is 0 Å². The molecule has 0 aliphatic rings. The standard InChI is InChI=1S/C17H30N7O5/c1-9(8-25)21-14(27)10(2)22-15(28)11(3)23-16(29)13(24-12(4)26)6-5-7-20-17(18)19/h9-11,13H,5-7H2,1-4H3,(H,21,27)(H,22,28)(H,23,29)(H,24,26)(H4,18,19,20)/t9?,10?,11?,13-/m1/s1. The largest absolute Gasteiger partial charge is 0.370 e. The van der Waals surface area contributed by atoms with Gasteiger partial charge in [-0.05, 0) is 33.6 Å². The zero-order valence-electron chi connectivity index (χ0n) is 17.0. The van der Waals surface area contributed by atoms with Gasteiger partial charge in [0.2, 0.25) is 29.9 Å². The van der Waals surface area contributed by atoms with Gasteiger partial charge in [0.15, 0.2) is 5.96 Å². The summed E-state index contributed by atoms with van der Waals surface area (Å²) in [7, 11) is 0. The van der Waals surface area contributed by atoms with Crippen LogP contribution in [-0.2, 0) is 24.0 Å². The van der Waals surface area contributed by atoms with Crippen molar-refractivity contribution in [3.63, 3.8) is 0 Å². The molecule has 0 fully saturated rings. The van der Waals surface area contributed by atoms with Crippen LogP contribution < -0.4 is 32.3 Å². The van der Waals surface area contributed by atoms with Crippen molar-refractivity contribution < 1.29 is 24.0 Å². The van der Waals surface area contributed by atoms with E-state index < -0.39 is 47.8 Å². The maximum Gasteiger partial charge on any atom is 0.243 e. The molecule has 0 aromatic rings. The highest BCUT2D eigenvalue weighted by atomic mass is 16.2. The van der Waals surface area contributed by atoms with Crippen LogP contribution in [0.4, 0.5) is 0 Å². The first kappa shape index (κ1) is 25.8. The molecular formula is C17H30N7O5. The fourth-order valence-corrected chi connectivity index (χ4v) is 2.19.